The Balaban J connectivity index is 1.53. The molecule has 0 radical (unpaired) electrons. The van der Waals surface area contributed by atoms with Crippen LogP contribution in [0.4, 0.5) is 0 Å². The lowest BCUT2D eigenvalue weighted by molar-refractivity contribution is -0.137. The number of hydrogen-bond donors (Lipinski definition) is 1. The van der Waals surface area contributed by atoms with Crippen LogP contribution in [0.25, 0.3) is 10.4 Å². The first kappa shape index (κ1) is 17.4. The first-order valence-corrected chi connectivity index (χ1v) is 9.31. The molecule has 1 aromatic carbocycles. The molecule has 24 heavy (non-hydrogen) atoms. The third-order valence-electron chi connectivity index (χ3n) is 4.29. The first-order chi connectivity index (χ1) is 11.6. The number of halogens is 1. The van der Waals surface area contributed by atoms with Gasteiger partial charge in [-0.05, 0) is 18.2 Å². The van der Waals surface area contributed by atoms with Gasteiger partial charge in [0.2, 0.25) is 0 Å². The summed E-state index contributed by atoms with van der Waals surface area (Å²) in [5, 5.41) is 9.55. The van der Waals surface area contributed by atoms with Crippen LogP contribution >= 0.6 is 22.9 Å². The summed E-state index contributed by atoms with van der Waals surface area (Å²) in [5.41, 5.74) is 1.09. The minimum absolute atomic E-state index is 0.228. The van der Waals surface area contributed by atoms with E-state index in [4.69, 9.17) is 16.7 Å². The van der Waals surface area contributed by atoms with Gasteiger partial charge >= 0.3 is 5.97 Å². The van der Waals surface area contributed by atoms with E-state index in [9.17, 15) is 4.79 Å². The topological polar surface area (TPSA) is 43.8 Å². The van der Waals surface area contributed by atoms with Crippen molar-refractivity contribution in [3.05, 3.63) is 46.3 Å². The quantitative estimate of drug-likeness (QED) is 0.849. The van der Waals surface area contributed by atoms with Crippen molar-refractivity contribution in [1.82, 2.24) is 9.80 Å². The van der Waals surface area contributed by atoms with E-state index < -0.39 is 5.97 Å². The molecular formula is C18H21ClN2O2S. The highest BCUT2D eigenvalue weighted by atomic mass is 35.5. The van der Waals surface area contributed by atoms with Crippen molar-refractivity contribution in [3.63, 3.8) is 0 Å². The molecule has 1 aromatic heterocycles. The van der Waals surface area contributed by atoms with E-state index in [-0.39, 0.29) is 6.42 Å². The van der Waals surface area contributed by atoms with Crippen molar-refractivity contribution in [2.75, 3.05) is 32.7 Å². The van der Waals surface area contributed by atoms with Crippen molar-refractivity contribution in [1.29, 1.82) is 0 Å². The van der Waals surface area contributed by atoms with Crippen LogP contribution in [-0.2, 0) is 11.3 Å². The second-order valence-electron chi connectivity index (χ2n) is 6.01. The zero-order valence-corrected chi connectivity index (χ0v) is 15.0. The molecule has 0 spiro atoms. The molecule has 1 aliphatic heterocycles. The normalized spacial score (nSPS) is 16.4. The van der Waals surface area contributed by atoms with Crippen molar-refractivity contribution >= 4 is 28.9 Å². The number of carboxylic acid groups (broad SMARTS) is 1. The van der Waals surface area contributed by atoms with Gasteiger partial charge in [-0.3, -0.25) is 9.69 Å². The summed E-state index contributed by atoms with van der Waals surface area (Å²) in [7, 11) is 0. The van der Waals surface area contributed by atoms with Crippen LogP contribution in [0, 0.1) is 0 Å². The van der Waals surface area contributed by atoms with Gasteiger partial charge in [0.05, 0.1) is 6.42 Å². The second kappa shape index (κ2) is 8.12. The summed E-state index contributed by atoms with van der Waals surface area (Å²) in [5.74, 6) is -0.719. The fraction of sp³-hybridized carbons (Fsp3) is 0.389. The van der Waals surface area contributed by atoms with E-state index in [0.717, 1.165) is 43.3 Å². The van der Waals surface area contributed by atoms with Crippen LogP contribution in [-0.4, -0.2) is 53.6 Å². The predicted octanol–water partition coefficient (Wildman–Crippen LogP) is 3.66. The number of nitrogens with zero attached hydrogens (tertiary/aromatic N) is 2. The number of thiophene rings is 1. The molecule has 2 heterocycles. The van der Waals surface area contributed by atoms with E-state index >= 15 is 0 Å². The third kappa shape index (κ3) is 4.57. The van der Waals surface area contributed by atoms with E-state index in [0.29, 0.717) is 6.54 Å². The molecule has 0 bridgehead atoms. The molecule has 0 amide bonds. The van der Waals surface area contributed by atoms with Gasteiger partial charge in [0, 0.05) is 59.6 Å². The Morgan fingerprint density at radius 2 is 1.79 bits per heavy atom. The molecule has 6 heteroatoms. The molecule has 2 aromatic rings. The molecule has 128 valence electrons. The molecule has 4 nitrogen and oxygen atoms in total. The van der Waals surface area contributed by atoms with Gasteiger partial charge in [0.25, 0.3) is 0 Å². The lowest BCUT2D eigenvalue weighted by Gasteiger charge is -2.34. The highest BCUT2D eigenvalue weighted by Gasteiger charge is 2.18. The summed E-state index contributed by atoms with van der Waals surface area (Å²) >= 11 is 8.07. The molecule has 1 aliphatic rings. The summed E-state index contributed by atoms with van der Waals surface area (Å²) in [4.78, 5) is 17.8. The average Bonchev–Trinajstić information content (AvgIpc) is 3.03. The fourth-order valence-electron chi connectivity index (χ4n) is 2.91. The molecule has 0 unspecified atom stereocenters. The van der Waals surface area contributed by atoms with E-state index in [1.165, 1.54) is 9.75 Å². The summed E-state index contributed by atoms with van der Waals surface area (Å²) in [6.45, 7) is 5.45. The Morgan fingerprint density at radius 1 is 1.08 bits per heavy atom. The minimum atomic E-state index is -0.719. The number of aliphatic carboxylic acids is 1. The molecule has 1 fully saturated rings. The Morgan fingerprint density at radius 3 is 2.50 bits per heavy atom. The summed E-state index contributed by atoms with van der Waals surface area (Å²) in [6, 6.07) is 12.3. The first-order valence-electron chi connectivity index (χ1n) is 8.12. The molecule has 3 rings (SSSR count). The van der Waals surface area contributed by atoms with Gasteiger partial charge in [-0.1, -0.05) is 29.8 Å². The Hall–Kier alpha value is -1.40. The van der Waals surface area contributed by atoms with Crippen molar-refractivity contribution in [2.24, 2.45) is 0 Å². The number of piperazine rings is 1. The summed E-state index contributed by atoms with van der Waals surface area (Å²) < 4.78 is 0. The smallest absolute Gasteiger partial charge is 0.304 e. The Bertz CT molecular complexity index is 696. The molecule has 1 N–H and O–H groups in total. The van der Waals surface area contributed by atoms with E-state index in [1.807, 2.05) is 18.2 Å². The number of benzene rings is 1. The van der Waals surface area contributed by atoms with Crippen LogP contribution < -0.4 is 0 Å². The highest BCUT2D eigenvalue weighted by Crippen LogP contribution is 2.33. The molecule has 1 saturated heterocycles. The molecule has 0 aliphatic carbocycles. The number of carboxylic acids is 1. The molecule has 0 atom stereocenters. The maximum atomic E-state index is 10.6. The number of rotatable bonds is 6. The van der Waals surface area contributed by atoms with Crippen LogP contribution in [0.15, 0.2) is 36.4 Å². The van der Waals surface area contributed by atoms with Gasteiger partial charge in [-0.15, -0.1) is 11.3 Å². The van der Waals surface area contributed by atoms with Crippen LogP contribution in [0.3, 0.4) is 0 Å². The van der Waals surface area contributed by atoms with Crippen molar-refractivity contribution in [3.8, 4) is 10.4 Å². The van der Waals surface area contributed by atoms with Gasteiger partial charge in [0.1, 0.15) is 0 Å². The van der Waals surface area contributed by atoms with Gasteiger partial charge in [-0.2, -0.15) is 0 Å². The van der Waals surface area contributed by atoms with Crippen LogP contribution in [0.5, 0.6) is 0 Å². The standard InChI is InChI=1S/C18H21ClN2O2S/c19-16-4-2-1-3-15(16)17-6-5-14(24-17)13-21-11-9-20(10-12-21)8-7-18(22)23/h1-6H,7-13H2,(H,22,23). The monoisotopic (exact) mass is 364 g/mol. The second-order valence-corrected chi connectivity index (χ2v) is 7.58. The molecule has 0 saturated carbocycles. The maximum Gasteiger partial charge on any atom is 0.304 e. The summed E-state index contributed by atoms with van der Waals surface area (Å²) in [6.07, 6.45) is 0.228. The van der Waals surface area contributed by atoms with E-state index in [1.54, 1.807) is 11.3 Å². The highest BCUT2D eigenvalue weighted by molar-refractivity contribution is 7.15. The van der Waals surface area contributed by atoms with Crippen molar-refractivity contribution < 1.29 is 9.90 Å². The maximum absolute atomic E-state index is 10.6. The van der Waals surface area contributed by atoms with E-state index in [2.05, 4.69) is 28.0 Å². The third-order valence-corrected chi connectivity index (χ3v) is 5.72. The lowest BCUT2D eigenvalue weighted by atomic mass is 10.2. The number of hydrogen-bond acceptors (Lipinski definition) is 4. The van der Waals surface area contributed by atoms with Crippen molar-refractivity contribution in [2.45, 2.75) is 13.0 Å². The Labute approximate surface area is 151 Å². The van der Waals surface area contributed by atoms with Gasteiger partial charge in [0.15, 0.2) is 0 Å². The largest absolute Gasteiger partial charge is 0.481 e. The van der Waals surface area contributed by atoms with Crippen LogP contribution in [0.1, 0.15) is 11.3 Å². The average molecular weight is 365 g/mol. The van der Waals surface area contributed by atoms with Gasteiger partial charge in [-0.25, -0.2) is 0 Å². The molecular weight excluding hydrogens is 344 g/mol. The SMILES string of the molecule is O=C(O)CCN1CCN(Cc2ccc(-c3ccccc3Cl)s2)CC1. The predicted molar refractivity (Wildman–Crippen MR) is 98.7 cm³/mol. The van der Waals surface area contributed by atoms with Gasteiger partial charge < -0.3 is 10.0 Å². The fourth-order valence-corrected chi connectivity index (χ4v) is 4.30. The zero-order chi connectivity index (χ0) is 16.9. The Kier molecular flexibility index (Phi) is 5.89. The van der Waals surface area contributed by atoms with Crippen LogP contribution in [0.2, 0.25) is 5.02 Å². The lowest BCUT2D eigenvalue weighted by Crippen LogP contribution is -2.46. The zero-order valence-electron chi connectivity index (χ0n) is 13.4. The minimum Gasteiger partial charge on any atom is -0.481 e. The number of carbonyl (C=O) groups is 1.